The third kappa shape index (κ3) is 3.87. The summed E-state index contributed by atoms with van der Waals surface area (Å²) in [4.78, 5) is 10.5. The van der Waals surface area contributed by atoms with Crippen molar-refractivity contribution in [3.8, 4) is 0 Å². The predicted octanol–water partition coefficient (Wildman–Crippen LogP) is 0.532. The number of ether oxygens (including phenoxy) is 1. The van der Waals surface area contributed by atoms with Gasteiger partial charge >= 0.3 is 0 Å². The zero-order valence-electron chi connectivity index (χ0n) is 6.43. The standard InChI is InChI=1S/C6H11F2NO2/c1-6(2,5(9)10)11-3-4(7)8/h4H,3H2,1-2H3,(H2,9,10). The molecule has 66 valence electrons. The van der Waals surface area contributed by atoms with Crippen LogP contribution in [0.2, 0.25) is 0 Å². The molecule has 0 atom stereocenters. The molecule has 0 saturated carbocycles. The summed E-state index contributed by atoms with van der Waals surface area (Å²) in [6, 6.07) is 0. The van der Waals surface area contributed by atoms with Crippen LogP contribution < -0.4 is 5.73 Å². The zero-order chi connectivity index (χ0) is 9.07. The summed E-state index contributed by atoms with van der Waals surface area (Å²) in [5, 5.41) is 0. The Kier molecular flexibility index (Phi) is 3.38. The van der Waals surface area contributed by atoms with Crippen molar-refractivity contribution in [2.45, 2.75) is 25.9 Å². The lowest BCUT2D eigenvalue weighted by Gasteiger charge is -2.20. The number of hydrogen-bond donors (Lipinski definition) is 1. The van der Waals surface area contributed by atoms with E-state index in [-0.39, 0.29) is 0 Å². The van der Waals surface area contributed by atoms with Crippen LogP contribution >= 0.6 is 0 Å². The highest BCUT2D eigenvalue weighted by molar-refractivity contribution is 5.82. The molecule has 11 heavy (non-hydrogen) atoms. The summed E-state index contributed by atoms with van der Waals surface area (Å²) in [7, 11) is 0. The molecule has 0 fully saturated rings. The average Bonchev–Trinajstić information content (AvgIpc) is 1.84. The molecule has 0 heterocycles. The van der Waals surface area contributed by atoms with Crippen LogP contribution in [0.3, 0.4) is 0 Å². The summed E-state index contributed by atoms with van der Waals surface area (Å²) in [6.07, 6.45) is -2.58. The monoisotopic (exact) mass is 167 g/mol. The fraction of sp³-hybridized carbons (Fsp3) is 0.833. The molecule has 5 heteroatoms. The molecule has 0 aliphatic carbocycles. The first-order valence-corrected chi connectivity index (χ1v) is 3.08. The Morgan fingerprint density at radius 3 is 2.36 bits per heavy atom. The quantitative estimate of drug-likeness (QED) is 0.664. The highest BCUT2D eigenvalue weighted by Gasteiger charge is 2.26. The molecule has 2 N–H and O–H groups in total. The van der Waals surface area contributed by atoms with E-state index in [9.17, 15) is 13.6 Å². The number of amides is 1. The van der Waals surface area contributed by atoms with Crippen molar-refractivity contribution in [2.75, 3.05) is 6.61 Å². The van der Waals surface area contributed by atoms with Gasteiger partial charge in [-0.25, -0.2) is 8.78 Å². The van der Waals surface area contributed by atoms with Crippen LogP contribution in [0.1, 0.15) is 13.8 Å². The Morgan fingerprint density at radius 1 is 1.64 bits per heavy atom. The van der Waals surface area contributed by atoms with E-state index >= 15 is 0 Å². The Balaban J connectivity index is 3.83. The summed E-state index contributed by atoms with van der Waals surface area (Å²) in [5.41, 5.74) is 3.54. The number of alkyl halides is 2. The van der Waals surface area contributed by atoms with Gasteiger partial charge in [-0.05, 0) is 13.8 Å². The van der Waals surface area contributed by atoms with E-state index in [1.54, 1.807) is 0 Å². The lowest BCUT2D eigenvalue weighted by Crippen LogP contribution is -2.41. The highest BCUT2D eigenvalue weighted by atomic mass is 19.3. The molecule has 0 rings (SSSR count). The van der Waals surface area contributed by atoms with Crippen molar-refractivity contribution in [3.63, 3.8) is 0 Å². The summed E-state index contributed by atoms with van der Waals surface area (Å²) < 4.78 is 27.6. The normalized spacial score (nSPS) is 12.1. The van der Waals surface area contributed by atoms with Gasteiger partial charge in [0.2, 0.25) is 5.91 Å². The van der Waals surface area contributed by atoms with E-state index < -0.39 is 24.5 Å². The molecule has 0 bridgehead atoms. The van der Waals surface area contributed by atoms with E-state index in [0.29, 0.717) is 0 Å². The van der Waals surface area contributed by atoms with Crippen LogP contribution in [-0.4, -0.2) is 24.5 Å². The predicted molar refractivity (Wildman–Crippen MR) is 35.2 cm³/mol. The molecule has 0 aliphatic heterocycles. The summed E-state index contributed by atoms with van der Waals surface area (Å²) >= 11 is 0. The second-order valence-electron chi connectivity index (χ2n) is 2.58. The number of carbonyl (C=O) groups excluding carboxylic acids is 1. The van der Waals surface area contributed by atoms with Gasteiger partial charge in [0, 0.05) is 0 Å². The highest BCUT2D eigenvalue weighted by Crippen LogP contribution is 2.09. The van der Waals surface area contributed by atoms with Gasteiger partial charge in [0.15, 0.2) is 0 Å². The minimum Gasteiger partial charge on any atom is -0.367 e. The van der Waals surface area contributed by atoms with E-state index in [4.69, 9.17) is 5.73 Å². The maximum atomic E-state index is 11.6. The van der Waals surface area contributed by atoms with E-state index in [1.165, 1.54) is 13.8 Å². The fourth-order valence-electron chi connectivity index (χ4n) is 0.342. The van der Waals surface area contributed by atoms with E-state index in [0.717, 1.165) is 0 Å². The Hall–Kier alpha value is -0.710. The van der Waals surface area contributed by atoms with Crippen LogP contribution in [0, 0.1) is 0 Å². The van der Waals surface area contributed by atoms with Crippen molar-refractivity contribution in [3.05, 3.63) is 0 Å². The third-order valence-electron chi connectivity index (χ3n) is 1.16. The molecular weight excluding hydrogens is 156 g/mol. The first-order valence-electron chi connectivity index (χ1n) is 3.08. The number of rotatable bonds is 4. The molecule has 3 nitrogen and oxygen atoms in total. The number of halogens is 2. The van der Waals surface area contributed by atoms with Gasteiger partial charge in [0.1, 0.15) is 12.2 Å². The topological polar surface area (TPSA) is 52.3 Å². The molecular formula is C6H11F2NO2. The SMILES string of the molecule is CC(C)(OCC(F)F)C(N)=O. The largest absolute Gasteiger partial charge is 0.367 e. The number of primary amides is 1. The van der Waals surface area contributed by atoms with Gasteiger partial charge in [-0.1, -0.05) is 0 Å². The molecule has 0 unspecified atom stereocenters. The number of hydrogen-bond acceptors (Lipinski definition) is 2. The third-order valence-corrected chi connectivity index (χ3v) is 1.16. The maximum Gasteiger partial charge on any atom is 0.261 e. The van der Waals surface area contributed by atoms with Crippen LogP contribution in [-0.2, 0) is 9.53 Å². The van der Waals surface area contributed by atoms with Crippen LogP contribution in [0.4, 0.5) is 8.78 Å². The molecule has 0 aliphatic rings. The minimum atomic E-state index is -2.58. The summed E-state index contributed by atoms with van der Waals surface area (Å²) in [5.74, 6) is -0.752. The van der Waals surface area contributed by atoms with Crippen LogP contribution in [0.15, 0.2) is 0 Å². The van der Waals surface area contributed by atoms with E-state index in [2.05, 4.69) is 4.74 Å². The molecule has 0 aromatic carbocycles. The van der Waals surface area contributed by atoms with Gasteiger partial charge in [-0.15, -0.1) is 0 Å². The minimum absolute atomic E-state index is 0.752. The van der Waals surface area contributed by atoms with Crippen molar-refractivity contribution < 1.29 is 18.3 Å². The Bertz CT molecular complexity index is 148. The van der Waals surface area contributed by atoms with Crippen molar-refractivity contribution >= 4 is 5.91 Å². The lowest BCUT2D eigenvalue weighted by molar-refractivity contribution is -0.143. The fourth-order valence-corrected chi connectivity index (χ4v) is 0.342. The number of nitrogens with two attached hydrogens (primary N) is 1. The van der Waals surface area contributed by atoms with Crippen molar-refractivity contribution in [1.82, 2.24) is 0 Å². The lowest BCUT2D eigenvalue weighted by atomic mass is 10.1. The molecule has 0 spiro atoms. The molecule has 0 saturated heterocycles. The molecule has 1 amide bonds. The smallest absolute Gasteiger partial charge is 0.261 e. The van der Waals surface area contributed by atoms with Crippen LogP contribution in [0.5, 0.6) is 0 Å². The average molecular weight is 167 g/mol. The second kappa shape index (κ2) is 3.61. The van der Waals surface area contributed by atoms with Gasteiger partial charge in [-0.2, -0.15) is 0 Å². The van der Waals surface area contributed by atoms with Crippen LogP contribution in [0.25, 0.3) is 0 Å². The van der Waals surface area contributed by atoms with Crippen molar-refractivity contribution in [1.29, 1.82) is 0 Å². The zero-order valence-corrected chi connectivity index (χ0v) is 6.43. The van der Waals surface area contributed by atoms with E-state index in [1.807, 2.05) is 0 Å². The summed E-state index contributed by atoms with van der Waals surface area (Å²) in [6.45, 7) is 1.92. The Labute approximate surface area is 63.5 Å². The van der Waals surface area contributed by atoms with Gasteiger partial charge < -0.3 is 10.5 Å². The molecule has 0 radical (unpaired) electrons. The molecule has 0 aromatic heterocycles. The molecule has 0 aromatic rings. The first kappa shape index (κ1) is 10.3. The Morgan fingerprint density at radius 2 is 2.09 bits per heavy atom. The van der Waals surface area contributed by atoms with Gasteiger partial charge in [0.05, 0.1) is 0 Å². The van der Waals surface area contributed by atoms with Crippen molar-refractivity contribution in [2.24, 2.45) is 5.73 Å². The second-order valence-corrected chi connectivity index (χ2v) is 2.58. The maximum absolute atomic E-state index is 11.6. The first-order chi connectivity index (χ1) is 4.86. The number of carbonyl (C=O) groups is 1. The van der Waals surface area contributed by atoms with Gasteiger partial charge in [-0.3, -0.25) is 4.79 Å². The van der Waals surface area contributed by atoms with Gasteiger partial charge in [0.25, 0.3) is 6.43 Å².